The van der Waals surface area contributed by atoms with Gasteiger partial charge in [-0.25, -0.2) is 0 Å². The lowest BCUT2D eigenvalue weighted by Gasteiger charge is -2.07. The first kappa shape index (κ1) is 15.0. The molecule has 1 aromatic carbocycles. The number of hydrogen-bond donors (Lipinski definition) is 2. The van der Waals surface area contributed by atoms with Crippen LogP contribution >= 0.6 is 0 Å². The van der Waals surface area contributed by atoms with Crippen LogP contribution in [0.5, 0.6) is 5.75 Å². The van der Waals surface area contributed by atoms with Gasteiger partial charge in [0.25, 0.3) is 0 Å². The summed E-state index contributed by atoms with van der Waals surface area (Å²) in [4.78, 5) is 22.2. The Balaban J connectivity index is 2.39. The molecule has 19 heavy (non-hydrogen) atoms. The molecule has 0 bridgehead atoms. The number of hydrogen-bond acceptors (Lipinski definition) is 5. The lowest BCUT2D eigenvalue weighted by molar-refractivity contribution is -0.141. The molecule has 6 nitrogen and oxygen atoms in total. The molecule has 0 aliphatic rings. The molecule has 0 spiro atoms. The summed E-state index contributed by atoms with van der Waals surface area (Å²) in [6.07, 6.45) is 0.206. The fraction of sp³-hybridized carbons (Fsp3) is 0.385. The van der Waals surface area contributed by atoms with E-state index in [1.807, 2.05) is 0 Å². The Morgan fingerprint density at radius 1 is 1.21 bits per heavy atom. The largest absolute Gasteiger partial charge is 0.493 e. The van der Waals surface area contributed by atoms with Crippen LogP contribution in [0.4, 0.5) is 5.69 Å². The van der Waals surface area contributed by atoms with Gasteiger partial charge in [0.1, 0.15) is 5.75 Å². The molecular formula is C13H18N2O4. The molecule has 1 aromatic rings. The van der Waals surface area contributed by atoms with Gasteiger partial charge in [-0.05, 0) is 31.3 Å². The van der Waals surface area contributed by atoms with Crippen LogP contribution in [0.25, 0.3) is 0 Å². The van der Waals surface area contributed by atoms with E-state index < -0.39 is 0 Å². The maximum Gasteiger partial charge on any atom is 0.308 e. The van der Waals surface area contributed by atoms with E-state index in [2.05, 4.69) is 15.4 Å². The van der Waals surface area contributed by atoms with Gasteiger partial charge in [-0.15, -0.1) is 0 Å². The molecule has 0 saturated heterocycles. The predicted molar refractivity (Wildman–Crippen MR) is 71.1 cm³/mol. The zero-order valence-corrected chi connectivity index (χ0v) is 11.1. The van der Waals surface area contributed by atoms with Gasteiger partial charge in [0.2, 0.25) is 5.91 Å². The molecule has 0 aliphatic heterocycles. The van der Waals surface area contributed by atoms with Gasteiger partial charge in [0, 0.05) is 5.69 Å². The zero-order valence-electron chi connectivity index (χ0n) is 11.1. The maximum atomic E-state index is 11.3. The van der Waals surface area contributed by atoms with E-state index in [1.165, 1.54) is 7.11 Å². The molecular weight excluding hydrogens is 248 g/mol. The van der Waals surface area contributed by atoms with Crippen LogP contribution in [-0.4, -0.2) is 39.2 Å². The Hall–Kier alpha value is -2.08. The monoisotopic (exact) mass is 266 g/mol. The van der Waals surface area contributed by atoms with Gasteiger partial charge in [0.15, 0.2) is 0 Å². The van der Waals surface area contributed by atoms with E-state index in [0.29, 0.717) is 11.4 Å². The standard InChI is InChI=1S/C13H18N2O4/c1-14-9-12(16)15-10-3-5-11(6-4-10)19-8-7-13(17)18-2/h3-6,14H,7-9H2,1-2H3,(H,15,16). The van der Waals surface area contributed by atoms with Crippen LogP contribution in [0.3, 0.4) is 0 Å². The number of rotatable bonds is 7. The summed E-state index contributed by atoms with van der Waals surface area (Å²) in [5.74, 6) is 0.216. The van der Waals surface area contributed by atoms with Crippen molar-refractivity contribution in [3.63, 3.8) is 0 Å². The maximum absolute atomic E-state index is 11.3. The van der Waals surface area contributed by atoms with E-state index in [-0.39, 0.29) is 31.4 Å². The van der Waals surface area contributed by atoms with Gasteiger partial charge >= 0.3 is 5.97 Å². The number of anilines is 1. The number of esters is 1. The summed E-state index contributed by atoms with van der Waals surface area (Å²) < 4.78 is 9.86. The number of carbonyl (C=O) groups is 2. The second-order valence-electron chi connectivity index (χ2n) is 3.78. The van der Waals surface area contributed by atoms with Crippen LogP contribution in [0, 0.1) is 0 Å². The zero-order chi connectivity index (χ0) is 14.1. The Morgan fingerprint density at radius 2 is 1.89 bits per heavy atom. The molecule has 0 unspecified atom stereocenters. The molecule has 1 rings (SSSR count). The summed E-state index contributed by atoms with van der Waals surface area (Å²) in [7, 11) is 3.04. The first-order valence-electron chi connectivity index (χ1n) is 5.90. The van der Waals surface area contributed by atoms with Crippen LogP contribution in [-0.2, 0) is 14.3 Å². The molecule has 0 heterocycles. The average Bonchev–Trinajstić information content (AvgIpc) is 2.41. The van der Waals surface area contributed by atoms with Gasteiger partial charge in [-0.2, -0.15) is 0 Å². The summed E-state index contributed by atoms with van der Waals surface area (Å²) >= 11 is 0. The highest BCUT2D eigenvalue weighted by Gasteiger charge is 2.02. The molecule has 0 radical (unpaired) electrons. The third-order valence-electron chi connectivity index (χ3n) is 2.28. The lowest BCUT2D eigenvalue weighted by Crippen LogP contribution is -2.24. The van der Waals surface area contributed by atoms with Crippen molar-refractivity contribution in [2.24, 2.45) is 0 Å². The number of nitrogens with one attached hydrogen (secondary N) is 2. The Morgan fingerprint density at radius 3 is 2.47 bits per heavy atom. The summed E-state index contributed by atoms with van der Waals surface area (Å²) in [5, 5.41) is 5.48. The topological polar surface area (TPSA) is 76.7 Å². The molecule has 2 N–H and O–H groups in total. The van der Waals surface area contributed by atoms with Crippen molar-refractivity contribution in [3.05, 3.63) is 24.3 Å². The van der Waals surface area contributed by atoms with Gasteiger partial charge in [-0.1, -0.05) is 0 Å². The van der Waals surface area contributed by atoms with E-state index in [4.69, 9.17) is 4.74 Å². The van der Waals surface area contributed by atoms with Crippen molar-refractivity contribution >= 4 is 17.6 Å². The number of carbonyl (C=O) groups excluding carboxylic acids is 2. The summed E-state index contributed by atoms with van der Waals surface area (Å²) in [6.45, 7) is 0.523. The number of amides is 1. The Bertz CT molecular complexity index is 417. The Labute approximate surface area is 112 Å². The minimum Gasteiger partial charge on any atom is -0.493 e. The van der Waals surface area contributed by atoms with Crippen molar-refractivity contribution in [2.45, 2.75) is 6.42 Å². The lowest BCUT2D eigenvalue weighted by atomic mass is 10.3. The highest BCUT2D eigenvalue weighted by molar-refractivity contribution is 5.92. The summed E-state index contributed by atoms with van der Waals surface area (Å²) in [5.41, 5.74) is 0.695. The van der Waals surface area contributed by atoms with Crippen molar-refractivity contribution < 1.29 is 19.1 Å². The number of methoxy groups -OCH3 is 1. The van der Waals surface area contributed by atoms with E-state index in [9.17, 15) is 9.59 Å². The number of likely N-dealkylation sites (N-methyl/N-ethyl adjacent to an activating group) is 1. The van der Waals surface area contributed by atoms with Crippen molar-refractivity contribution in [1.82, 2.24) is 5.32 Å². The van der Waals surface area contributed by atoms with Crippen molar-refractivity contribution in [3.8, 4) is 5.75 Å². The van der Waals surface area contributed by atoms with Crippen LogP contribution in [0.2, 0.25) is 0 Å². The fourth-order valence-electron chi connectivity index (χ4n) is 1.35. The highest BCUT2D eigenvalue weighted by atomic mass is 16.5. The van der Waals surface area contributed by atoms with Gasteiger partial charge < -0.3 is 20.1 Å². The van der Waals surface area contributed by atoms with Crippen LogP contribution in [0.1, 0.15) is 6.42 Å². The smallest absolute Gasteiger partial charge is 0.308 e. The molecule has 0 saturated carbocycles. The number of ether oxygens (including phenoxy) is 2. The minimum absolute atomic E-state index is 0.109. The normalized spacial score (nSPS) is 9.79. The van der Waals surface area contributed by atoms with Crippen LogP contribution < -0.4 is 15.4 Å². The van der Waals surface area contributed by atoms with Gasteiger partial charge in [0.05, 0.1) is 26.7 Å². The highest BCUT2D eigenvalue weighted by Crippen LogP contribution is 2.15. The molecule has 6 heteroatoms. The third-order valence-corrected chi connectivity index (χ3v) is 2.28. The van der Waals surface area contributed by atoms with E-state index >= 15 is 0 Å². The second kappa shape index (κ2) is 8.10. The predicted octanol–water partition coefficient (Wildman–Crippen LogP) is 0.786. The fourth-order valence-corrected chi connectivity index (χ4v) is 1.35. The van der Waals surface area contributed by atoms with Crippen LogP contribution in [0.15, 0.2) is 24.3 Å². The van der Waals surface area contributed by atoms with E-state index in [1.54, 1.807) is 31.3 Å². The average molecular weight is 266 g/mol. The van der Waals surface area contributed by atoms with E-state index in [0.717, 1.165) is 0 Å². The third kappa shape index (κ3) is 5.87. The van der Waals surface area contributed by atoms with Crippen molar-refractivity contribution in [1.29, 1.82) is 0 Å². The second-order valence-corrected chi connectivity index (χ2v) is 3.78. The minimum atomic E-state index is -0.309. The molecule has 0 fully saturated rings. The van der Waals surface area contributed by atoms with Crippen molar-refractivity contribution in [2.75, 3.05) is 32.6 Å². The number of benzene rings is 1. The first-order valence-corrected chi connectivity index (χ1v) is 5.90. The first-order chi connectivity index (χ1) is 9.15. The molecule has 0 aliphatic carbocycles. The molecule has 0 aromatic heterocycles. The Kier molecular flexibility index (Phi) is 6.38. The summed E-state index contributed by atoms with van der Waals surface area (Å²) in [6, 6.07) is 6.93. The molecule has 104 valence electrons. The molecule has 0 atom stereocenters. The van der Waals surface area contributed by atoms with Gasteiger partial charge in [-0.3, -0.25) is 9.59 Å². The SMILES string of the molecule is CNCC(=O)Nc1ccc(OCCC(=O)OC)cc1. The quantitative estimate of drug-likeness (QED) is 0.713. The molecule has 1 amide bonds.